The van der Waals surface area contributed by atoms with Gasteiger partial charge in [0.1, 0.15) is 6.04 Å². The third-order valence-electron chi connectivity index (χ3n) is 7.01. The monoisotopic (exact) mass is 641 g/mol. The van der Waals surface area contributed by atoms with Crippen molar-refractivity contribution in [1.29, 1.82) is 0 Å². The minimum atomic E-state index is -3.55. The second kappa shape index (κ2) is 15.2. The maximum Gasteiger partial charge on any atom is 0.243 e. The molecule has 0 aliphatic carbocycles. The van der Waals surface area contributed by atoms with Crippen molar-refractivity contribution in [1.82, 2.24) is 10.2 Å². The fourth-order valence-corrected chi connectivity index (χ4v) is 5.73. The predicted octanol–water partition coefficient (Wildman–Crippen LogP) is 5.86. The standard InChI is InChI=1S/C32H40BrN3O4S/c1-5-25(3)34-32(38)30(22-26-10-7-6-8-11-26)35(23-27-15-17-28(33)18-16-27)31(37)12-9-21-36(41(4,39)40)29-19-13-24(2)14-20-29/h6-8,10-11,13-20,25,30H,5,9,12,21-23H2,1-4H3,(H,34,38)/t25-,30-/m1/s1. The first-order valence-corrected chi connectivity index (χ1v) is 16.5. The Morgan fingerprint density at radius 3 is 2.15 bits per heavy atom. The number of nitrogens with one attached hydrogen (secondary N) is 1. The molecule has 0 radical (unpaired) electrons. The summed E-state index contributed by atoms with van der Waals surface area (Å²) in [4.78, 5) is 29.2. The summed E-state index contributed by atoms with van der Waals surface area (Å²) in [5.74, 6) is -0.406. The molecule has 3 aromatic rings. The van der Waals surface area contributed by atoms with Crippen molar-refractivity contribution in [2.75, 3.05) is 17.1 Å². The molecule has 0 heterocycles. The van der Waals surface area contributed by atoms with Crippen LogP contribution in [0.5, 0.6) is 0 Å². The van der Waals surface area contributed by atoms with Gasteiger partial charge >= 0.3 is 0 Å². The topological polar surface area (TPSA) is 86.8 Å². The Balaban J connectivity index is 1.88. The van der Waals surface area contributed by atoms with E-state index in [2.05, 4.69) is 21.2 Å². The minimum Gasteiger partial charge on any atom is -0.352 e. The molecular formula is C32H40BrN3O4S. The zero-order valence-electron chi connectivity index (χ0n) is 24.2. The lowest BCUT2D eigenvalue weighted by molar-refractivity contribution is -0.141. The molecule has 0 aliphatic rings. The quantitative estimate of drug-likeness (QED) is 0.239. The van der Waals surface area contributed by atoms with Gasteiger partial charge in [0.2, 0.25) is 21.8 Å². The molecule has 9 heteroatoms. The van der Waals surface area contributed by atoms with Crippen molar-refractivity contribution in [3.8, 4) is 0 Å². The number of rotatable bonds is 14. The van der Waals surface area contributed by atoms with Gasteiger partial charge in [0, 0.05) is 36.4 Å². The first kappa shape index (κ1) is 32.3. The third-order valence-corrected chi connectivity index (χ3v) is 8.74. The van der Waals surface area contributed by atoms with Crippen molar-refractivity contribution in [2.45, 2.75) is 65.1 Å². The molecule has 0 saturated carbocycles. The molecule has 2 amide bonds. The summed E-state index contributed by atoms with van der Waals surface area (Å²) >= 11 is 3.46. The number of carbonyl (C=O) groups excluding carboxylic acids is 2. The van der Waals surface area contributed by atoms with Gasteiger partial charge in [-0.05, 0) is 62.1 Å². The summed E-state index contributed by atoms with van der Waals surface area (Å²) in [6.45, 7) is 6.30. The van der Waals surface area contributed by atoms with Crippen molar-refractivity contribution in [3.05, 3.63) is 100 Å². The van der Waals surface area contributed by atoms with Crippen LogP contribution in [0.4, 0.5) is 5.69 Å². The number of sulfonamides is 1. The lowest BCUT2D eigenvalue weighted by Gasteiger charge is -2.32. The minimum absolute atomic E-state index is 0.0387. The fraction of sp³-hybridized carbons (Fsp3) is 0.375. The molecular weight excluding hydrogens is 602 g/mol. The van der Waals surface area contributed by atoms with Crippen LogP contribution in [-0.2, 0) is 32.6 Å². The van der Waals surface area contributed by atoms with Crippen molar-refractivity contribution in [3.63, 3.8) is 0 Å². The second-order valence-corrected chi connectivity index (χ2v) is 13.3. The lowest BCUT2D eigenvalue weighted by atomic mass is 10.0. The Labute approximate surface area is 253 Å². The van der Waals surface area contributed by atoms with Gasteiger partial charge in [0.05, 0.1) is 11.9 Å². The molecule has 1 N–H and O–H groups in total. The smallest absolute Gasteiger partial charge is 0.243 e. The summed E-state index contributed by atoms with van der Waals surface area (Å²) in [5.41, 5.74) is 3.44. The van der Waals surface area contributed by atoms with Gasteiger partial charge in [0.15, 0.2) is 0 Å². The Morgan fingerprint density at radius 1 is 0.927 bits per heavy atom. The number of nitrogens with zero attached hydrogens (tertiary/aromatic N) is 2. The highest BCUT2D eigenvalue weighted by Gasteiger charge is 2.31. The molecule has 0 saturated heterocycles. The van der Waals surface area contributed by atoms with Crippen LogP contribution in [-0.4, -0.2) is 50.0 Å². The van der Waals surface area contributed by atoms with Gasteiger partial charge in [-0.25, -0.2) is 8.42 Å². The summed E-state index contributed by atoms with van der Waals surface area (Å²) in [6, 6.07) is 23.9. The Bertz CT molecular complexity index is 1380. The number of hydrogen-bond donors (Lipinski definition) is 1. The molecule has 41 heavy (non-hydrogen) atoms. The van der Waals surface area contributed by atoms with E-state index < -0.39 is 16.1 Å². The highest BCUT2D eigenvalue weighted by atomic mass is 79.9. The molecule has 0 aromatic heterocycles. The molecule has 0 fully saturated rings. The van der Waals surface area contributed by atoms with Crippen LogP contribution in [0, 0.1) is 6.92 Å². The van der Waals surface area contributed by atoms with E-state index in [0.29, 0.717) is 18.5 Å². The SMILES string of the molecule is CC[C@@H](C)NC(=O)[C@@H](Cc1ccccc1)N(Cc1ccc(Br)cc1)C(=O)CCCN(c1ccc(C)cc1)S(C)(=O)=O. The van der Waals surface area contributed by atoms with Gasteiger partial charge in [-0.1, -0.05) is 83.0 Å². The van der Waals surface area contributed by atoms with Crippen LogP contribution < -0.4 is 9.62 Å². The molecule has 220 valence electrons. The van der Waals surface area contributed by atoms with Gasteiger partial charge < -0.3 is 10.2 Å². The number of carbonyl (C=O) groups is 2. The van der Waals surface area contributed by atoms with E-state index in [1.807, 2.05) is 87.5 Å². The van der Waals surface area contributed by atoms with Crippen molar-refractivity contribution >= 4 is 43.5 Å². The zero-order valence-corrected chi connectivity index (χ0v) is 26.6. The van der Waals surface area contributed by atoms with Crippen LogP contribution in [0.1, 0.15) is 49.8 Å². The number of hydrogen-bond acceptors (Lipinski definition) is 4. The average Bonchev–Trinajstić information content (AvgIpc) is 2.94. The predicted molar refractivity (Wildman–Crippen MR) is 169 cm³/mol. The molecule has 0 spiro atoms. The lowest BCUT2D eigenvalue weighted by Crippen LogP contribution is -2.52. The average molecular weight is 643 g/mol. The fourth-order valence-electron chi connectivity index (χ4n) is 4.50. The number of benzene rings is 3. The number of anilines is 1. The first-order valence-electron chi connectivity index (χ1n) is 13.9. The second-order valence-electron chi connectivity index (χ2n) is 10.4. The van der Waals surface area contributed by atoms with E-state index in [1.165, 1.54) is 10.6 Å². The van der Waals surface area contributed by atoms with E-state index in [1.54, 1.807) is 17.0 Å². The highest BCUT2D eigenvalue weighted by molar-refractivity contribution is 9.10. The van der Waals surface area contributed by atoms with Gasteiger partial charge in [-0.15, -0.1) is 0 Å². The summed E-state index contributed by atoms with van der Waals surface area (Å²) in [7, 11) is -3.55. The summed E-state index contributed by atoms with van der Waals surface area (Å²) in [5, 5.41) is 3.07. The number of halogens is 1. The van der Waals surface area contributed by atoms with Crippen LogP contribution in [0.15, 0.2) is 83.3 Å². The van der Waals surface area contributed by atoms with E-state index in [-0.39, 0.29) is 37.4 Å². The number of amides is 2. The van der Waals surface area contributed by atoms with Gasteiger partial charge in [-0.3, -0.25) is 13.9 Å². The maximum absolute atomic E-state index is 13.9. The molecule has 3 rings (SSSR count). The largest absolute Gasteiger partial charge is 0.352 e. The van der Waals surface area contributed by atoms with Gasteiger partial charge in [-0.2, -0.15) is 0 Å². The Hall–Kier alpha value is -3.17. The Morgan fingerprint density at radius 2 is 1.56 bits per heavy atom. The number of aryl methyl sites for hydroxylation is 1. The van der Waals surface area contributed by atoms with Crippen LogP contribution >= 0.6 is 15.9 Å². The molecule has 7 nitrogen and oxygen atoms in total. The Kier molecular flexibility index (Phi) is 12.0. The van der Waals surface area contributed by atoms with E-state index in [9.17, 15) is 18.0 Å². The van der Waals surface area contributed by atoms with Crippen molar-refractivity contribution in [2.24, 2.45) is 0 Å². The molecule has 3 aromatic carbocycles. The van der Waals surface area contributed by atoms with Crippen LogP contribution in [0.2, 0.25) is 0 Å². The summed E-state index contributed by atoms with van der Waals surface area (Å²) in [6.07, 6.45) is 2.70. The third kappa shape index (κ3) is 10.0. The summed E-state index contributed by atoms with van der Waals surface area (Å²) < 4.78 is 27.5. The molecule has 2 atom stereocenters. The molecule has 0 aliphatic heterocycles. The van der Waals surface area contributed by atoms with E-state index >= 15 is 0 Å². The van der Waals surface area contributed by atoms with E-state index in [4.69, 9.17) is 0 Å². The van der Waals surface area contributed by atoms with Crippen molar-refractivity contribution < 1.29 is 18.0 Å². The first-order chi connectivity index (χ1) is 19.5. The highest BCUT2D eigenvalue weighted by Crippen LogP contribution is 2.21. The normalized spacial score (nSPS) is 12.8. The maximum atomic E-state index is 13.9. The zero-order chi connectivity index (χ0) is 30.0. The van der Waals surface area contributed by atoms with Gasteiger partial charge in [0.25, 0.3) is 0 Å². The molecule has 0 bridgehead atoms. The van der Waals surface area contributed by atoms with Crippen LogP contribution in [0.25, 0.3) is 0 Å². The van der Waals surface area contributed by atoms with Crippen LogP contribution in [0.3, 0.4) is 0 Å². The molecule has 0 unspecified atom stereocenters. The van der Waals surface area contributed by atoms with E-state index in [0.717, 1.165) is 27.6 Å².